The van der Waals surface area contributed by atoms with Crippen LogP contribution in [0.25, 0.3) is 0 Å². The maximum absolute atomic E-state index is 13.9. The number of fused-ring (bicyclic) bond motifs is 1. The Labute approximate surface area is 269 Å². The van der Waals surface area contributed by atoms with Gasteiger partial charge in [-0.25, -0.2) is 0 Å². The summed E-state index contributed by atoms with van der Waals surface area (Å²) in [6.45, 7) is 2.32. The average Bonchev–Trinajstić information content (AvgIpc) is 3.29. The number of aliphatic hydroxyl groups is 2. The van der Waals surface area contributed by atoms with E-state index in [9.17, 15) is 29.4 Å². The second-order valence-electron chi connectivity index (χ2n) is 11.3. The van der Waals surface area contributed by atoms with Crippen molar-refractivity contribution in [3.05, 3.63) is 108 Å². The van der Waals surface area contributed by atoms with E-state index in [0.29, 0.717) is 41.9 Å². The molecule has 3 aromatic carbocycles. The molecule has 10 heteroatoms. The molecule has 2 atom stereocenters. The van der Waals surface area contributed by atoms with E-state index in [0.717, 1.165) is 5.56 Å². The van der Waals surface area contributed by atoms with Gasteiger partial charge in [0.1, 0.15) is 0 Å². The lowest BCUT2D eigenvalue weighted by Crippen LogP contribution is -2.44. The summed E-state index contributed by atoms with van der Waals surface area (Å²) in [5.74, 6) is -2.14. The number of carbonyl (C=O) groups excluding carboxylic acids is 4. The van der Waals surface area contributed by atoms with Crippen LogP contribution in [-0.4, -0.2) is 65.6 Å². The molecule has 10 nitrogen and oxygen atoms in total. The number of amides is 3. The first kappa shape index (κ1) is 34.1. The third-order valence-corrected chi connectivity index (χ3v) is 8.12. The minimum absolute atomic E-state index is 0.0126. The lowest BCUT2D eigenvalue weighted by Gasteiger charge is -2.28. The molecule has 4 rings (SSSR count). The summed E-state index contributed by atoms with van der Waals surface area (Å²) < 4.78 is 4.71. The Bertz CT molecular complexity index is 1540. The Morgan fingerprint density at radius 1 is 1.02 bits per heavy atom. The van der Waals surface area contributed by atoms with Gasteiger partial charge in [0.05, 0.1) is 19.4 Å². The minimum Gasteiger partial charge on any atom is -0.469 e. The van der Waals surface area contributed by atoms with Crippen LogP contribution < -0.4 is 10.2 Å². The number of nitrogens with zero attached hydrogens (tertiary/aromatic N) is 2. The van der Waals surface area contributed by atoms with Crippen LogP contribution in [0.2, 0.25) is 0 Å². The number of carbonyl (C=O) groups is 4. The highest BCUT2D eigenvalue weighted by atomic mass is 16.5. The van der Waals surface area contributed by atoms with Gasteiger partial charge < -0.3 is 30.1 Å². The molecule has 3 amide bonds. The fraction of sp³-hybridized carbons (Fsp3) is 0.333. The topological polar surface area (TPSA) is 136 Å². The second-order valence-corrected chi connectivity index (χ2v) is 11.3. The first-order valence-corrected chi connectivity index (χ1v) is 15.4. The van der Waals surface area contributed by atoms with Crippen LogP contribution in [0.5, 0.6) is 0 Å². The number of nitrogens with one attached hydrogen (secondary N) is 1. The Balaban J connectivity index is 1.55. The molecule has 1 aliphatic rings. The summed E-state index contributed by atoms with van der Waals surface area (Å²) in [5, 5.41) is 24.5. The molecule has 242 valence electrons. The van der Waals surface area contributed by atoms with Crippen molar-refractivity contribution in [2.45, 2.75) is 44.8 Å². The zero-order valence-corrected chi connectivity index (χ0v) is 26.2. The van der Waals surface area contributed by atoms with Crippen LogP contribution in [0.4, 0.5) is 11.4 Å². The average molecular weight is 628 g/mol. The van der Waals surface area contributed by atoms with Crippen LogP contribution in [0.15, 0.2) is 91.0 Å². The van der Waals surface area contributed by atoms with Crippen molar-refractivity contribution in [3.63, 3.8) is 0 Å². The van der Waals surface area contributed by atoms with Gasteiger partial charge in [-0.3, -0.25) is 19.2 Å². The first-order valence-electron chi connectivity index (χ1n) is 15.4. The number of esters is 1. The fourth-order valence-electron chi connectivity index (χ4n) is 5.54. The molecule has 3 aromatic rings. The third-order valence-electron chi connectivity index (χ3n) is 8.12. The number of benzene rings is 3. The van der Waals surface area contributed by atoms with E-state index >= 15 is 0 Å². The number of hydrogen-bond donors (Lipinski definition) is 3. The van der Waals surface area contributed by atoms with E-state index < -0.39 is 17.4 Å². The van der Waals surface area contributed by atoms with Crippen LogP contribution in [0.3, 0.4) is 0 Å². The Morgan fingerprint density at radius 2 is 1.72 bits per heavy atom. The maximum Gasteiger partial charge on any atom is 0.305 e. The van der Waals surface area contributed by atoms with Crippen LogP contribution in [0.1, 0.15) is 54.1 Å². The number of rotatable bonds is 15. The van der Waals surface area contributed by atoms with E-state index in [-0.39, 0.29) is 50.3 Å². The fourth-order valence-corrected chi connectivity index (χ4v) is 5.54. The van der Waals surface area contributed by atoms with Crippen LogP contribution >= 0.6 is 0 Å². The quantitative estimate of drug-likeness (QED) is 0.129. The van der Waals surface area contributed by atoms with Gasteiger partial charge in [0.2, 0.25) is 5.91 Å². The van der Waals surface area contributed by atoms with Gasteiger partial charge >= 0.3 is 5.97 Å². The SMILES string of the molecule is COC(=O)CCCCN1C(=O)[C@@](O)([C@@H](C)/C=C/CC(=O)N(CCO)Cc2ccccc2)c2cc(NC(=O)c3ccccc3)ccc21. The number of anilines is 2. The highest BCUT2D eigenvalue weighted by Gasteiger charge is 2.52. The van der Waals surface area contributed by atoms with Crippen molar-refractivity contribution in [2.24, 2.45) is 5.92 Å². The molecule has 1 heterocycles. The number of hydrogen-bond acceptors (Lipinski definition) is 7. The molecule has 0 bridgehead atoms. The number of ether oxygens (including phenoxy) is 1. The van der Waals surface area contributed by atoms with Gasteiger partial charge in [0.25, 0.3) is 11.8 Å². The Hall–Kier alpha value is -4.80. The highest BCUT2D eigenvalue weighted by Crippen LogP contribution is 2.46. The van der Waals surface area contributed by atoms with E-state index in [4.69, 9.17) is 4.74 Å². The third kappa shape index (κ3) is 8.07. The van der Waals surface area contributed by atoms with Gasteiger partial charge in [0, 0.05) is 55.2 Å². The van der Waals surface area contributed by atoms with Crippen LogP contribution in [0, 0.1) is 5.92 Å². The molecule has 0 saturated carbocycles. The molecule has 0 unspecified atom stereocenters. The summed E-state index contributed by atoms with van der Waals surface area (Å²) >= 11 is 0. The van der Waals surface area contributed by atoms with Crippen molar-refractivity contribution < 1.29 is 34.1 Å². The van der Waals surface area contributed by atoms with E-state index in [2.05, 4.69) is 5.32 Å². The lowest BCUT2D eigenvalue weighted by molar-refractivity contribution is -0.140. The summed E-state index contributed by atoms with van der Waals surface area (Å²) in [6.07, 6.45) is 4.51. The summed E-state index contributed by atoms with van der Waals surface area (Å²) in [4.78, 5) is 54.5. The summed E-state index contributed by atoms with van der Waals surface area (Å²) in [7, 11) is 1.33. The smallest absolute Gasteiger partial charge is 0.305 e. The molecule has 1 aliphatic heterocycles. The highest BCUT2D eigenvalue weighted by molar-refractivity contribution is 6.09. The number of aliphatic hydroxyl groups excluding tert-OH is 1. The first-order chi connectivity index (χ1) is 22.2. The molecule has 0 radical (unpaired) electrons. The minimum atomic E-state index is -1.97. The Morgan fingerprint density at radius 3 is 2.39 bits per heavy atom. The zero-order valence-electron chi connectivity index (χ0n) is 26.2. The number of unbranched alkanes of at least 4 members (excludes halogenated alkanes) is 1. The van der Waals surface area contributed by atoms with E-state index in [1.54, 1.807) is 66.4 Å². The standard InChI is InChI=1S/C36H41N3O7/c1-26(12-11-17-32(41)38(22-23-40)25-27-13-5-3-6-14-27)36(45)30-24-29(37-34(43)28-15-7-4-8-16-28)19-20-31(30)39(35(36)44)21-10-9-18-33(42)46-2/h3-8,11-16,19-20,24,26,40,45H,9-10,17-18,21-23,25H2,1-2H3,(H,37,43)/b12-11+/t26-,36+/m0/s1. The molecular weight excluding hydrogens is 586 g/mol. The molecule has 0 fully saturated rings. The number of methoxy groups -OCH3 is 1. The van der Waals surface area contributed by atoms with Gasteiger partial charge in [-0.15, -0.1) is 0 Å². The zero-order chi connectivity index (χ0) is 33.1. The molecular formula is C36H41N3O7. The molecule has 0 saturated heterocycles. The molecule has 0 spiro atoms. The molecule has 0 aliphatic carbocycles. The van der Waals surface area contributed by atoms with Gasteiger partial charge in [0.15, 0.2) is 5.60 Å². The monoisotopic (exact) mass is 627 g/mol. The van der Waals surface area contributed by atoms with Crippen molar-refractivity contribution in [1.82, 2.24) is 4.90 Å². The maximum atomic E-state index is 13.9. The van der Waals surface area contributed by atoms with Crippen molar-refractivity contribution in [1.29, 1.82) is 0 Å². The van der Waals surface area contributed by atoms with Crippen molar-refractivity contribution in [3.8, 4) is 0 Å². The lowest BCUT2D eigenvalue weighted by atomic mass is 9.82. The van der Waals surface area contributed by atoms with Gasteiger partial charge in [-0.1, -0.05) is 67.6 Å². The van der Waals surface area contributed by atoms with Crippen molar-refractivity contribution in [2.75, 3.05) is 37.0 Å². The molecule has 46 heavy (non-hydrogen) atoms. The predicted octanol–water partition coefficient (Wildman–Crippen LogP) is 4.42. The van der Waals surface area contributed by atoms with Gasteiger partial charge in [-0.05, 0) is 48.7 Å². The summed E-state index contributed by atoms with van der Waals surface area (Å²) in [5.41, 5.74) is 0.691. The normalized spacial score (nSPS) is 16.3. The van der Waals surface area contributed by atoms with Crippen molar-refractivity contribution >= 4 is 35.1 Å². The summed E-state index contributed by atoms with van der Waals surface area (Å²) in [6, 6.07) is 23.2. The van der Waals surface area contributed by atoms with E-state index in [1.165, 1.54) is 12.0 Å². The second kappa shape index (κ2) is 16.0. The largest absolute Gasteiger partial charge is 0.469 e. The molecule has 0 aromatic heterocycles. The molecule has 3 N–H and O–H groups in total. The Kier molecular flexibility index (Phi) is 11.8. The van der Waals surface area contributed by atoms with Gasteiger partial charge in [-0.2, -0.15) is 0 Å². The predicted molar refractivity (Wildman–Crippen MR) is 175 cm³/mol. The van der Waals surface area contributed by atoms with Crippen LogP contribution in [-0.2, 0) is 31.3 Å². The van der Waals surface area contributed by atoms with E-state index in [1.807, 2.05) is 36.4 Å².